The summed E-state index contributed by atoms with van der Waals surface area (Å²) in [6, 6.07) is 1.70. The van der Waals surface area contributed by atoms with Gasteiger partial charge in [0.2, 0.25) is 0 Å². The molecule has 1 atom stereocenters. The first-order valence-electron chi connectivity index (χ1n) is 5.59. The van der Waals surface area contributed by atoms with Gasteiger partial charge in [0.15, 0.2) is 17.5 Å². The van der Waals surface area contributed by atoms with Gasteiger partial charge in [0.25, 0.3) is 5.91 Å². The normalized spacial score (nSPS) is 18.9. The molecular weight excluding hydrogens is 263 g/mol. The van der Waals surface area contributed by atoms with Crippen LogP contribution in [0.15, 0.2) is 12.1 Å². The van der Waals surface area contributed by atoms with Crippen molar-refractivity contribution in [3.8, 4) is 0 Å². The molecule has 1 N–H and O–H groups in total. The van der Waals surface area contributed by atoms with Crippen LogP contribution in [0.1, 0.15) is 16.8 Å². The van der Waals surface area contributed by atoms with Crippen molar-refractivity contribution in [2.45, 2.75) is 6.42 Å². The molecule has 1 aromatic rings. The second kappa shape index (κ2) is 5.65. The molecule has 18 heavy (non-hydrogen) atoms. The third-order valence-corrected chi connectivity index (χ3v) is 4.09. The maximum atomic E-state index is 13.3. The van der Waals surface area contributed by atoms with Crippen molar-refractivity contribution < 1.29 is 18.0 Å². The maximum Gasteiger partial charge on any atom is 0.254 e. The molecule has 1 fully saturated rings. The first-order valence-corrected chi connectivity index (χ1v) is 6.74. The molecule has 1 amide bonds. The molecule has 0 spiro atoms. The van der Waals surface area contributed by atoms with Gasteiger partial charge in [-0.1, -0.05) is 0 Å². The van der Waals surface area contributed by atoms with Crippen LogP contribution in [0, 0.1) is 23.4 Å². The molecule has 0 radical (unpaired) electrons. The predicted octanol–water partition coefficient (Wildman–Crippen LogP) is 2.59. The topological polar surface area (TPSA) is 29.1 Å². The van der Waals surface area contributed by atoms with Gasteiger partial charge in [0, 0.05) is 6.54 Å². The Hall–Kier alpha value is -1.17. The number of benzene rings is 1. The molecule has 1 aliphatic heterocycles. The Morgan fingerprint density at radius 1 is 1.33 bits per heavy atom. The quantitative estimate of drug-likeness (QED) is 0.859. The zero-order chi connectivity index (χ0) is 13.1. The van der Waals surface area contributed by atoms with Gasteiger partial charge >= 0.3 is 0 Å². The Kier molecular flexibility index (Phi) is 4.16. The van der Waals surface area contributed by atoms with E-state index in [1.165, 1.54) is 0 Å². The van der Waals surface area contributed by atoms with Crippen LogP contribution in [-0.2, 0) is 0 Å². The third kappa shape index (κ3) is 2.80. The van der Waals surface area contributed by atoms with Crippen molar-refractivity contribution in [3.63, 3.8) is 0 Å². The molecule has 6 heteroatoms. The van der Waals surface area contributed by atoms with Crippen LogP contribution in [0.4, 0.5) is 13.2 Å². The smallest absolute Gasteiger partial charge is 0.254 e. The summed E-state index contributed by atoms with van der Waals surface area (Å²) in [5, 5.41) is 2.55. The van der Waals surface area contributed by atoms with Crippen molar-refractivity contribution in [2.24, 2.45) is 5.92 Å². The number of rotatable bonds is 3. The van der Waals surface area contributed by atoms with E-state index in [2.05, 4.69) is 5.32 Å². The molecule has 0 aliphatic carbocycles. The minimum Gasteiger partial charge on any atom is -0.352 e. The molecule has 1 aromatic carbocycles. The lowest BCUT2D eigenvalue weighted by molar-refractivity contribution is 0.0943. The van der Waals surface area contributed by atoms with Crippen LogP contribution in [0.25, 0.3) is 0 Å². The Bertz CT molecular complexity index is 461. The molecule has 0 bridgehead atoms. The predicted molar refractivity (Wildman–Crippen MR) is 64.1 cm³/mol. The Morgan fingerprint density at radius 2 is 2.11 bits per heavy atom. The molecule has 1 heterocycles. The van der Waals surface area contributed by atoms with Gasteiger partial charge in [0.1, 0.15) is 0 Å². The lowest BCUT2D eigenvalue weighted by Crippen LogP contribution is -2.30. The fraction of sp³-hybridized carbons (Fsp3) is 0.417. The standard InChI is InChI=1S/C12H12F3NOS/c13-9-2-1-8(10(14)11(9)15)12(17)16-5-7-3-4-18-6-7/h1-2,7H,3-6H2,(H,16,17). The zero-order valence-electron chi connectivity index (χ0n) is 9.51. The van der Waals surface area contributed by atoms with E-state index < -0.39 is 28.9 Å². The zero-order valence-corrected chi connectivity index (χ0v) is 10.3. The molecular formula is C12H12F3NOS. The fourth-order valence-electron chi connectivity index (χ4n) is 1.78. The molecule has 0 aromatic heterocycles. The van der Waals surface area contributed by atoms with Crippen LogP contribution in [0.2, 0.25) is 0 Å². The highest BCUT2D eigenvalue weighted by atomic mass is 32.2. The van der Waals surface area contributed by atoms with Gasteiger partial charge in [-0.15, -0.1) is 0 Å². The average molecular weight is 275 g/mol. The van der Waals surface area contributed by atoms with Crippen molar-refractivity contribution in [3.05, 3.63) is 35.1 Å². The number of carbonyl (C=O) groups is 1. The van der Waals surface area contributed by atoms with E-state index in [0.717, 1.165) is 30.1 Å². The van der Waals surface area contributed by atoms with Gasteiger partial charge in [0.05, 0.1) is 5.56 Å². The number of nitrogens with one attached hydrogen (secondary N) is 1. The largest absolute Gasteiger partial charge is 0.352 e. The first kappa shape index (κ1) is 13.3. The van der Waals surface area contributed by atoms with E-state index in [-0.39, 0.29) is 0 Å². The summed E-state index contributed by atoms with van der Waals surface area (Å²) in [5.41, 5.74) is -0.459. The summed E-state index contributed by atoms with van der Waals surface area (Å²) in [7, 11) is 0. The van der Waals surface area contributed by atoms with Gasteiger partial charge < -0.3 is 5.32 Å². The summed E-state index contributed by atoms with van der Waals surface area (Å²) < 4.78 is 39.0. The molecule has 1 saturated heterocycles. The molecule has 0 saturated carbocycles. The lowest BCUT2D eigenvalue weighted by Gasteiger charge is -2.10. The van der Waals surface area contributed by atoms with Crippen LogP contribution < -0.4 is 5.32 Å². The van der Waals surface area contributed by atoms with Crippen molar-refractivity contribution in [2.75, 3.05) is 18.1 Å². The number of halogens is 3. The average Bonchev–Trinajstić information content (AvgIpc) is 2.86. The number of hydrogen-bond donors (Lipinski definition) is 1. The minimum atomic E-state index is -1.61. The maximum absolute atomic E-state index is 13.3. The minimum absolute atomic E-state index is 0.368. The van der Waals surface area contributed by atoms with E-state index in [4.69, 9.17) is 0 Å². The van der Waals surface area contributed by atoms with Crippen LogP contribution in [0.5, 0.6) is 0 Å². The monoisotopic (exact) mass is 275 g/mol. The number of thioether (sulfide) groups is 1. The van der Waals surface area contributed by atoms with Crippen LogP contribution in [0.3, 0.4) is 0 Å². The van der Waals surface area contributed by atoms with Crippen LogP contribution >= 0.6 is 11.8 Å². The van der Waals surface area contributed by atoms with Crippen LogP contribution in [-0.4, -0.2) is 24.0 Å². The van der Waals surface area contributed by atoms with Gasteiger partial charge in [-0.2, -0.15) is 11.8 Å². The summed E-state index contributed by atoms with van der Waals surface area (Å²) in [6.07, 6.45) is 1.01. The highest BCUT2D eigenvalue weighted by Gasteiger charge is 2.20. The Morgan fingerprint density at radius 3 is 2.78 bits per heavy atom. The van der Waals surface area contributed by atoms with E-state index in [0.29, 0.717) is 12.5 Å². The van der Waals surface area contributed by atoms with E-state index >= 15 is 0 Å². The number of hydrogen-bond acceptors (Lipinski definition) is 2. The van der Waals surface area contributed by atoms with Crippen molar-refractivity contribution >= 4 is 17.7 Å². The molecule has 1 unspecified atom stereocenters. The lowest BCUT2D eigenvalue weighted by atomic mass is 10.1. The van der Waals surface area contributed by atoms with Crippen molar-refractivity contribution in [1.82, 2.24) is 5.32 Å². The highest BCUT2D eigenvalue weighted by molar-refractivity contribution is 7.99. The Balaban J connectivity index is 2.02. The van der Waals surface area contributed by atoms with Crippen molar-refractivity contribution in [1.29, 1.82) is 0 Å². The third-order valence-electron chi connectivity index (χ3n) is 2.86. The summed E-state index contributed by atoms with van der Waals surface area (Å²) in [5.74, 6) is -2.67. The SMILES string of the molecule is O=C(NCC1CCSC1)c1ccc(F)c(F)c1F. The molecule has 1 aliphatic rings. The van der Waals surface area contributed by atoms with E-state index in [1.54, 1.807) is 11.8 Å². The summed E-state index contributed by atoms with van der Waals surface area (Å²) in [6.45, 7) is 0.435. The highest BCUT2D eigenvalue weighted by Crippen LogP contribution is 2.22. The van der Waals surface area contributed by atoms with Gasteiger partial charge in [-0.25, -0.2) is 13.2 Å². The Labute approximate surface area is 107 Å². The second-order valence-electron chi connectivity index (χ2n) is 4.16. The molecule has 2 nitrogen and oxygen atoms in total. The number of amides is 1. The fourth-order valence-corrected chi connectivity index (χ4v) is 3.06. The van der Waals surface area contributed by atoms with Gasteiger partial charge in [-0.3, -0.25) is 4.79 Å². The van der Waals surface area contributed by atoms with Gasteiger partial charge in [-0.05, 0) is 36.0 Å². The summed E-state index contributed by atoms with van der Waals surface area (Å²) >= 11 is 1.80. The molecule has 98 valence electrons. The summed E-state index contributed by atoms with van der Waals surface area (Å²) in [4.78, 5) is 11.6. The second-order valence-corrected chi connectivity index (χ2v) is 5.31. The molecule has 2 rings (SSSR count). The van der Waals surface area contributed by atoms with E-state index in [9.17, 15) is 18.0 Å². The number of carbonyl (C=O) groups excluding carboxylic acids is 1. The van der Waals surface area contributed by atoms with E-state index in [1.807, 2.05) is 0 Å². The first-order chi connectivity index (χ1) is 8.59.